The second-order valence-electron chi connectivity index (χ2n) is 4.69. The Labute approximate surface area is 103 Å². The maximum absolute atomic E-state index is 4.43. The quantitative estimate of drug-likeness (QED) is 0.871. The van der Waals surface area contributed by atoms with Gasteiger partial charge in [0.25, 0.3) is 0 Å². The van der Waals surface area contributed by atoms with Crippen LogP contribution in [0, 0.1) is 0 Å². The lowest BCUT2D eigenvalue weighted by molar-refractivity contribution is 0.237. The Bertz CT molecular complexity index is 315. The average Bonchev–Trinajstić information content (AvgIpc) is 2.33. The van der Waals surface area contributed by atoms with E-state index >= 15 is 0 Å². The third-order valence-corrected chi connectivity index (χ3v) is 3.30. The fraction of sp³-hybridized carbons (Fsp3) is 0.692. The molecule has 0 unspecified atom stereocenters. The van der Waals surface area contributed by atoms with Gasteiger partial charge >= 0.3 is 0 Å². The predicted molar refractivity (Wildman–Crippen MR) is 69.9 cm³/mol. The molecule has 17 heavy (non-hydrogen) atoms. The molecule has 0 aromatic carbocycles. The highest BCUT2D eigenvalue weighted by atomic mass is 15.1. The molecule has 4 nitrogen and oxygen atoms in total. The van der Waals surface area contributed by atoms with E-state index < -0.39 is 0 Å². The summed E-state index contributed by atoms with van der Waals surface area (Å²) in [5, 5.41) is 2.99. The molecule has 0 bridgehead atoms. The summed E-state index contributed by atoms with van der Waals surface area (Å²) in [5.74, 6) is 0.835. The van der Waals surface area contributed by atoms with E-state index in [2.05, 4.69) is 20.2 Å². The zero-order chi connectivity index (χ0) is 11.9. The van der Waals surface area contributed by atoms with Crippen molar-refractivity contribution in [2.45, 2.75) is 38.6 Å². The molecule has 2 heterocycles. The van der Waals surface area contributed by atoms with Crippen LogP contribution in [0.25, 0.3) is 0 Å². The van der Waals surface area contributed by atoms with Crippen molar-refractivity contribution in [2.75, 3.05) is 25.5 Å². The Morgan fingerprint density at radius 1 is 1.06 bits per heavy atom. The van der Waals surface area contributed by atoms with E-state index in [4.69, 9.17) is 0 Å². The van der Waals surface area contributed by atoms with E-state index in [0.717, 1.165) is 18.1 Å². The number of anilines is 1. The van der Waals surface area contributed by atoms with Crippen LogP contribution in [-0.2, 0) is 6.54 Å². The van der Waals surface area contributed by atoms with E-state index in [1.54, 1.807) is 6.20 Å². The number of rotatable bonds is 3. The number of hydrogen-bond donors (Lipinski definition) is 1. The van der Waals surface area contributed by atoms with E-state index in [-0.39, 0.29) is 0 Å². The zero-order valence-corrected chi connectivity index (χ0v) is 10.7. The Hall–Kier alpha value is -1.16. The van der Waals surface area contributed by atoms with Crippen LogP contribution in [0.2, 0.25) is 0 Å². The summed E-state index contributed by atoms with van der Waals surface area (Å²) in [7, 11) is 1.86. The topological polar surface area (TPSA) is 41.1 Å². The third-order valence-electron chi connectivity index (χ3n) is 3.30. The lowest BCUT2D eigenvalue weighted by atomic mass is 10.1. The molecule has 0 amide bonds. The molecule has 1 aliphatic rings. The lowest BCUT2D eigenvalue weighted by Gasteiger charge is -2.23. The largest absolute Gasteiger partial charge is 0.372 e. The van der Waals surface area contributed by atoms with Crippen LogP contribution in [0.5, 0.6) is 0 Å². The van der Waals surface area contributed by atoms with E-state index in [0.29, 0.717) is 0 Å². The molecule has 1 fully saturated rings. The third kappa shape index (κ3) is 3.97. The van der Waals surface area contributed by atoms with Crippen molar-refractivity contribution in [2.24, 2.45) is 0 Å². The minimum atomic E-state index is 0.835. The van der Waals surface area contributed by atoms with Gasteiger partial charge in [-0.2, -0.15) is 0 Å². The maximum Gasteiger partial charge on any atom is 0.144 e. The first kappa shape index (κ1) is 12.3. The van der Waals surface area contributed by atoms with Gasteiger partial charge in [-0.05, 0) is 25.9 Å². The van der Waals surface area contributed by atoms with Gasteiger partial charge in [0.1, 0.15) is 5.82 Å². The standard InChI is InChI=1S/C13H22N4/c1-14-13-10-15-12(9-16-13)11-17-7-5-3-2-4-6-8-17/h9-10H,2-8,11H2,1H3,(H,14,16). The summed E-state index contributed by atoms with van der Waals surface area (Å²) < 4.78 is 0. The molecule has 2 rings (SSSR count). The molecule has 1 aliphatic heterocycles. The van der Waals surface area contributed by atoms with E-state index in [1.165, 1.54) is 45.2 Å². The number of nitrogens with one attached hydrogen (secondary N) is 1. The summed E-state index contributed by atoms with van der Waals surface area (Å²) in [5.41, 5.74) is 1.07. The summed E-state index contributed by atoms with van der Waals surface area (Å²) in [6, 6.07) is 0. The fourth-order valence-electron chi connectivity index (χ4n) is 2.27. The van der Waals surface area contributed by atoms with Gasteiger partial charge in [-0.1, -0.05) is 19.3 Å². The molecular formula is C13H22N4. The van der Waals surface area contributed by atoms with Gasteiger partial charge in [0.2, 0.25) is 0 Å². The van der Waals surface area contributed by atoms with Crippen LogP contribution in [-0.4, -0.2) is 35.0 Å². The second-order valence-corrected chi connectivity index (χ2v) is 4.69. The molecule has 1 aromatic heterocycles. The molecule has 0 spiro atoms. The maximum atomic E-state index is 4.43. The van der Waals surface area contributed by atoms with Crippen LogP contribution >= 0.6 is 0 Å². The van der Waals surface area contributed by atoms with Gasteiger partial charge in [-0.3, -0.25) is 9.88 Å². The van der Waals surface area contributed by atoms with Crippen LogP contribution in [0.3, 0.4) is 0 Å². The van der Waals surface area contributed by atoms with Crippen molar-refractivity contribution in [3.05, 3.63) is 18.1 Å². The van der Waals surface area contributed by atoms with Crippen LogP contribution in [0.1, 0.15) is 37.8 Å². The molecule has 0 radical (unpaired) electrons. The highest BCUT2D eigenvalue weighted by Crippen LogP contribution is 2.12. The van der Waals surface area contributed by atoms with Gasteiger partial charge in [0.15, 0.2) is 0 Å². The van der Waals surface area contributed by atoms with Crippen molar-refractivity contribution in [1.82, 2.24) is 14.9 Å². The number of hydrogen-bond acceptors (Lipinski definition) is 4. The van der Waals surface area contributed by atoms with E-state index in [1.807, 2.05) is 13.2 Å². The summed E-state index contributed by atoms with van der Waals surface area (Å²) in [6.07, 6.45) is 10.5. The lowest BCUT2D eigenvalue weighted by Crippen LogP contribution is -2.27. The first-order valence-electron chi connectivity index (χ1n) is 6.59. The Morgan fingerprint density at radius 2 is 1.76 bits per heavy atom. The Balaban J connectivity index is 1.88. The molecule has 0 saturated carbocycles. The van der Waals surface area contributed by atoms with E-state index in [9.17, 15) is 0 Å². The number of likely N-dealkylation sites (tertiary alicyclic amines) is 1. The van der Waals surface area contributed by atoms with Gasteiger partial charge < -0.3 is 5.32 Å². The molecule has 4 heteroatoms. The Morgan fingerprint density at radius 3 is 2.35 bits per heavy atom. The summed E-state index contributed by atoms with van der Waals surface area (Å²) >= 11 is 0. The minimum absolute atomic E-state index is 0.835. The number of aromatic nitrogens is 2. The van der Waals surface area contributed by atoms with Crippen molar-refractivity contribution < 1.29 is 0 Å². The van der Waals surface area contributed by atoms with Gasteiger partial charge in [-0.25, -0.2) is 4.98 Å². The molecule has 0 atom stereocenters. The fourth-order valence-corrected chi connectivity index (χ4v) is 2.27. The number of nitrogens with zero attached hydrogens (tertiary/aromatic N) is 3. The molecular weight excluding hydrogens is 212 g/mol. The molecule has 1 N–H and O–H groups in total. The van der Waals surface area contributed by atoms with Gasteiger partial charge in [-0.15, -0.1) is 0 Å². The van der Waals surface area contributed by atoms with Crippen molar-refractivity contribution in [3.63, 3.8) is 0 Å². The molecule has 1 saturated heterocycles. The predicted octanol–water partition coefficient (Wildman–Crippen LogP) is 2.28. The highest BCUT2D eigenvalue weighted by molar-refractivity contribution is 5.29. The SMILES string of the molecule is CNc1cnc(CN2CCCCCCC2)cn1. The van der Waals surface area contributed by atoms with Gasteiger partial charge in [0.05, 0.1) is 18.1 Å². The minimum Gasteiger partial charge on any atom is -0.372 e. The van der Waals surface area contributed by atoms with Gasteiger partial charge in [0, 0.05) is 13.6 Å². The first-order chi connectivity index (χ1) is 8.38. The monoisotopic (exact) mass is 234 g/mol. The van der Waals surface area contributed by atoms with Crippen LogP contribution < -0.4 is 5.32 Å². The second kappa shape index (κ2) is 6.55. The highest BCUT2D eigenvalue weighted by Gasteiger charge is 2.09. The average molecular weight is 234 g/mol. The van der Waals surface area contributed by atoms with Crippen LogP contribution in [0.4, 0.5) is 5.82 Å². The zero-order valence-electron chi connectivity index (χ0n) is 10.7. The normalized spacial score (nSPS) is 18.4. The first-order valence-corrected chi connectivity index (χ1v) is 6.59. The van der Waals surface area contributed by atoms with Crippen molar-refractivity contribution >= 4 is 5.82 Å². The smallest absolute Gasteiger partial charge is 0.144 e. The molecule has 1 aromatic rings. The summed E-state index contributed by atoms with van der Waals surface area (Å²) in [4.78, 5) is 11.2. The molecule has 94 valence electrons. The van der Waals surface area contributed by atoms with Crippen LogP contribution in [0.15, 0.2) is 12.4 Å². The van der Waals surface area contributed by atoms with Crippen molar-refractivity contribution in [3.8, 4) is 0 Å². The summed E-state index contributed by atoms with van der Waals surface area (Å²) in [6.45, 7) is 3.35. The molecule has 0 aliphatic carbocycles. The van der Waals surface area contributed by atoms with Crippen molar-refractivity contribution in [1.29, 1.82) is 0 Å². The Kier molecular flexibility index (Phi) is 4.74.